The molecule has 4 atom stereocenters. The van der Waals surface area contributed by atoms with E-state index in [2.05, 4.69) is 41.4 Å². The highest BCUT2D eigenvalue weighted by Gasteiger charge is 2.64. The second kappa shape index (κ2) is 4.85. The number of para-hydroxylation sites is 1. The van der Waals surface area contributed by atoms with Gasteiger partial charge in [-0.05, 0) is 49.4 Å². The van der Waals surface area contributed by atoms with E-state index >= 15 is 0 Å². The fourth-order valence-electron chi connectivity index (χ4n) is 6.20. The first-order chi connectivity index (χ1) is 11.7. The first kappa shape index (κ1) is 14.5. The van der Waals surface area contributed by atoms with Gasteiger partial charge in [-0.3, -0.25) is 4.90 Å². The molecule has 2 saturated heterocycles. The maximum Gasteiger partial charge on any atom is 0.335 e. The van der Waals surface area contributed by atoms with Crippen molar-refractivity contribution >= 4 is 11.7 Å². The second-order valence-corrected chi connectivity index (χ2v) is 7.62. The quantitative estimate of drug-likeness (QED) is 0.850. The summed E-state index contributed by atoms with van der Waals surface area (Å²) in [6.07, 6.45) is 3.28. The molecule has 0 amide bonds. The molecular weight excluding hydrogens is 300 g/mol. The van der Waals surface area contributed by atoms with E-state index in [0.29, 0.717) is 17.9 Å². The lowest BCUT2D eigenvalue weighted by molar-refractivity contribution is -0.138. The Hall–Kier alpha value is -1.81. The van der Waals surface area contributed by atoms with Crippen LogP contribution in [0.1, 0.15) is 31.7 Å². The van der Waals surface area contributed by atoms with E-state index < -0.39 is 0 Å². The molecule has 1 spiro atoms. The number of hydrogen-bond donors (Lipinski definition) is 1. The number of ether oxygens (including phenoxy) is 1. The molecule has 1 aliphatic carbocycles. The molecular formula is C20H24N2O2. The maximum atomic E-state index is 12.8. The van der Waals surface area contributed by atoms with Crippen molar-refractivity contribution in [1.29, 1.82) is 0 Å². The molecule has 5 rings (SSSR count). The molecule has 3 heterocycles. The van der Waals surface area contributed by atoms with Gasteiger partial charge in [0.15, 0.2) is 0 Å². The minimum atomic E-state index is -0.132. The van der Waals surface area contributed by atoms with E-state index in [1.807, 2.05) is 0 Å². The largest absolute Gasteiger partial charge is 0.466 e. The summed E-state index contributed by atoms with van der Waals surface area (Å²) in [6, 6.07) is 9.14. The molecule has 0 radical (unpaired) electrons. The lowest BCUT2D eigenvalue weighted by atomic mass is 9.57. The molecule has 0 aromatic heterocycles. The number of piperidine rings is 1. The summed E-state index contributed by atoms with van der Waals surface area (Å²) >= 11 is 0. The van der Waals surface area contributed by atoms with Crippen molar-refractivity contribution in [3.63, 3.8) is 0 Å². The Morgan fingerprint density at radius 1 is 1.38 bits per heavy atom. The van der Waals surface area contributed by atoms with Gasteiger partial charge in [-0.15, -0.1) is 0 Å². The number of carbonyl (C=O) groups excluding carboxylic acids is 1. The summed E-state index contributed by atoms with van der Waals surface area (Å²) in [6.45, 7) is 4.51. The standard InChI is InChI=1S/C20H24N2O2/c1-3-12-13-8-10-22-11-9-20(18(12)22)14-6-4-5-7-15(14)21-17(20)16(13)19(23)24-2/h4-7,12-13,18,21H,3,8-11H2,1-2H3/t12-,13-,18-,20-/m1/s1. The molecule has 4 nitrogen and oxygen atoms in total. The van der Waals surface area contributed by atoms with Gasteiger partial charge in [-0.25, -0.2) is 4.79 Å². The minimum Gasteiger partial charge on any atom is -0.466 e. The molecule has 4 aliphatic rings. The number of methoxy groups -OCH3 is 1. The summed E-state index contributed by atoms with van der Waals surface area (Å²) in [7, 11) is 1.52. The Morgan fingerprint density at radius 2 is 2.21 bits per heavy atom. The molecule has 1 N–H and O–H groups in total. The van der Waals surface area contributed by atoms with Crippen molar-refractivity contribution in [2.75, 3.05) is 25.5 Å². The van der Waals surface area contributed by atoms with Crippen LogP contribution in [0.15, 0.2) is 35.5 Å². The molecule has 0 unspecified atom stereocenters. The highest BCUT2D eigenvalue weighted by atomic mass is 16.5. The van der Waals surface area contributed by atoms with E-state index in [1.54, 1.807) is 0 Å². The molecule has 2 bridgehead atoms. The third-order valence-electron chi connectivity index (χ3n) is 6.97. The summed E-state index contributed by atoms with van der Waals surface area (Å²) in [5.74, 6) is 0.728. The van der Waals surface area contributed by atoms with Crippen molar-refractivity contribution in [3.05, 3.63) is 41.1 Å². The van der Waals surface area contributed by atoms with Crippen LogP contribution in [0.5, 0.6) is 0 Å². The average Bonchev–Trinajstić information content (AvgIpc) is 3.17. The van der Waals surface area contributed by atoms with Crippen LogP contribution in [0, 0.1) is 11.8 Å². The van der Waals surface area contributed by atoms with Gasteiger partial charge in [-0.1, -0.05) is 31.5 Å². The number of anilines is 1. The smallest absolute Gasteiger partial charge is 0.335 e. The zero-order valence-electron chi connectivity index (χ0n) is 14.3. The van der Waals surface area contributed by atoms with Crippen LogP contribution in [0.3, 0.4) is 0 Å². The SMILES string of the molecule is CC[C@@H]1[C@H]2CCN3CC[C@@]4(C(=C2C(=O)OC)Nc2ccccc24)[C@@H]13. The third kappa shape index (κ3) is 1.51. The Balaban J connectivity index is 1.83. The van der Waals surface area contributed by atoms with Crippen LogP contribution in [0.25, 0.3) is 0 Å². The van der Waals surface area contributed by atoms with E-state index in [9.17, 15) is 4.79 Å². The summed E-state index contributed by atoms with van der Waals surface area (Å²) < 4.78 is 5.23. The molecule has 126 valence electrons. The highest BCUT2D eigenvalue weighted by molar-refractivity contribution is 5.93. The number of carbonyl (C=O) groups is 1. The van der Waals surface area contributed by atoms with Crippen LogP contribution in [-0.4, -0.2) is 37.1 Å². The van der Waals surface area contributed by atoms with Crippen LogP contribution in [0.4, 0.5) is 5.69 Å². The van der Waals surface area contributed by atoms with E-state index in [0.717, 1.165) is 43.6 Å². The number of nitrogens with one attached hydrogen (secondary N) is 1. The summed E-state index contributed by atoms with van der Waals surface area (Å²) in [4.78, 5) is 15.4. The topological polar surface area (TPSA) is 41.6 Å². The van der Waals surface area contributed by atoms with Crippen LogP contribution >= 0.6 is 0 Å². The van der Waals surface area contributed by atoms with Gasteiger partial charge >= 0.3 is 5.97 Å². The predicted octanol–water partition coefficient (Wildman–Crippen LogP) is 2.91. The van der Waals surface area contributed by atoms with Gasteiger partial charge in [-0.2, -0.15) is 0 Å². The van der Waals surface area contributed by atoms with Crippen molar-refractivity contribution in [3.8, 4) is 0 Å². The fourth-order valence-corrected chi connectivity index (χ4v) is 6.20. The van der Waals surface area contributed by atoms with Gasteiger partial charge in [0.2, 0.25) is 0 Å². The zero-order valence-corrected chi connectivity index (χ0v) is 14.3. The normalized spacial score (nSPS) is 36.2. The molecule has 1 aromatic rings. The van der Waals surface area contributed by atoms with Crippen molar-refractivity contribution in [1.82, 2.24) is 4.90 Å². The predicted molar refractivity (Wildman–Crippen MR) is 92.7 cm³/mol. The van der Waals surface area contributed by atoms with Crippen molar-refractivity contribution in [2.45, 2.75) is 37.6 Å². The average molecular weight is 324 g/mol. The molecule has 1 aromatic carbocycles. The number of benzene rings is 1. The molecule has 24 heavy (non-hydrogen) atoms. The lowest BCUT2D eigenvalue weighted by Crippen LogP contribution is -2.58. The minimum absolute atomic E-state index is 0.0439. The van der Waals surface area contributed by atoms with E-state index in [-0.39, 0.29) is 11.4 Å². The van der Waals surface area contributed by atoms with E-state index in [1.165, 1.54) is 18.4 Å². The van der Waals surface area contributed by atoms with Crippen molar-refractivity contribution in [2.24, 2.45) is 11.8 Å². The number of hydrogen-bond acceptors (Lipinski definition) is 4. The van der Waals surface area contributed by atoms with Crippen molar-refractivity contribution < 1.29 is 9.53 Å². The molecule has 4 heteroatoms. The van der Waals surface area contributed by atoms with Crippen LogP contribution in [-0.2, 0) is 14.9 Å². The van der Waals surface area contributed by atoms with Gasteiger partial charge < -0.3 is 10.1 Å². The number of esters is 1. The first-order valence-electron chi connectivity index (χ1n) is 9.16. The molecule has 0 saturated carbocycles. The van der Waals surface area contributed by atoms with Gasteiger partial charge in [0, 0.05) is 17.4 Å². The first-order valence-corrected chi connectivity index (χ1v) is 9.16. The summed E-state index contributed by atoms with van der Waals surface area (Å²) in [5.41, 5.74) is 4.60. The molecule has 3 aliphatic heterocycles. The van der Waals surface area contributed by atoms with Crippen LogP contribution < -0.4 is 5.32 Å². The number of fused-ring (bicyclic) bond motifs is 2. The highest BCUT2D eigenvalue weighted by Crippen LogP contribution is 2.62. The summed E-state index contributed by atoms with van der Waals surface area (Å²) in [5, 5.41) is 3.65. The Kier molecular flexibility index (Phi) is 2.94. The zero-order chi connectivity index (χ0) is 16.5. The number of rotatable bonds is 2. The van der Waals surface area contributed by atoms with Crippen LogP contribution in [0.2, 0.25) is 0 Å². The second-order valence-electron chi connectivity index (χ2n) is 7.62. The Labute approximate surface area is 142 Å². The lowest BCUT2D eigenvalue weighted by Gasteiger charge is -2.52. The van der Waals surface area contributed by atoms with Gasteiger partial charge in [0.25, 0.3) is 0 Å². The Morgan fingerprint density at radius 3 is 3.00 bits per heavy atom. The van der Waals surface area contributed by atoms with Gasteiger partial charge in [0.1, 0.15) is 0 Å². The number of nitrogens with zero attached hydrogens (tertiary/aromatic N) is 1. The maximum absolute atomic E-state index is 12.8. The third-order valence-corrected chi connectivity index (χ3v) is 6.97. The van der Waals surface area contributed by atoms with E-state index in [4.69, 9.17) is 4.74 Å². The fraction of sp³-hybridized carbons (Fsp3) is 0.550. The monoisotopic (exact) mass is 324 g/mol. The van der Waals surface area contributed by atoms with Gasteiger partial charge in [0.05, 0.1) is 18.1 Å². The molecule has 2 fully saturated rings. The Bertz CT molecular complexity index is 756.